The Hall–Kier alpha value is -7.62. The van der Waals surface area contributed by atoms with E-state index in [1.165, 1.54) is 48.7 Å². The topological polar surface area (TPSA) is 21.3 Å². The van der Waals surface area contributed by atoms with Crippen molar-refractivity contribution < 1.29 is 4.42 Å². The van der Waals surface area contributed by atoms with Crippen LogP contribution in [-0.4, -0.2) is 4.57 Å². The van der Waals surface area contributed by atoms with Gasteiger partial charge in [0.2, 0.25) is 0 Å². The van der Waals surface area contributed by atoms with E-state index >= 15 is 0 Å². The minimum absolute atomic E-state index is 0.866. The summed E-state index contributed by atoms with van der Waals surface area (Å²) in [4.78, 5) is 2.35. The number of furan rings is 1. The van der Waals surface area contributed by atoms with Gasteiger partial charge in [0, 0.05) is 44.0 Å². The summed E-state index contributed by atoms with van der Waals surface area (Å²) < 4.78 is 9.30. The molecular formula is C54H34N2O. The number of aromatic nitrogens is 1. The van der Waals surface area contributed by atoms with Gasteiger partial charge in [0.25, 0.3) is 0 Å². The molecule has 12 aromatic rings. The first-order valence-electron chi connectivity index (χ1n) is 19.5. The average Bonchev–Trinajstić information content (AvgIpc) is 3.84. The lowest BCUT2D eigenvalue weighted by Gasteiger charge is -2.26. The number of nitrogens with zero attached hydrogens (tertiary/aromatic N) is 2. The summed E-state index contributed by atoms with van der Waals surface area (Å²) in [6.07, 6.45) is 0. The number of hydrogen-bond donors (Lipinski definition) is 0. The highest BCUT2D eigenvalue weighted by atomic mass is 16.3. The van der Waals surface area contributed by atoms with Crippen LogP contribution in [0, 0.1) is 0 Å². The highest BCUT2D eigenvalue weighted by Gasteiger charge is 2.21. The first-order valence-corrected chi connectivity index (χ1v) is 19.5. The molecule has 2 aromatic heterocycles. The fourth-order valence-corrected chi connectivity index (χ4v) is 9.08. The summed E-state index contributed by atoms with van der Waals surface area (Å²) in [6, 6.07) is 74.5. The molecule has 0 aliphatic heterocycles. The molecule has 0 amide bonds. The first kappa shape index (κ1) is 31.7. The Morgan fingerprint density at radius 1 is 0.333 bits per heavy atom. The Bertz CT molecular complexity index is 3480. The quantitative estimate of drug-likeness (QED) is 0.165. The zero-order valence-electron chi connectivity index (χ0n) is 30.9. The summed E-state index contributed by atoms with van der Waals surface area (Å²) in [5, 5.41) is 12.0. The van der Waals surface area contributed by atoms with Crippen molar-refractivity contribution in [3.8, 4) is 16.8 Å². The van der Waals surface area contributed by atoms with E-state index in [1.54, 1.807) is 0 Å². The lowest BCUT2D eigenvalue weighted by molar-refractivity contribution is 0.673. The summed E-state index contributed by atoms with van der Waals surface area (Å²) in [6.45, 7) is 0. The molecule has 3 nitrogen and oxygen atoms in total. The van der Waals surface area contributed by atoms with Crippen molar-refractivity contribution in [1.82, 2.24) is 4.57 Å². The molecule has 2 heterocycles. The van der Waals surface area contributed by atoms with Crippen molar-refractivity contribution in [2.24, 2.45) is 0 Å². The van der Waals surface area contributed by atoms with Gasteiger partial charge >= 0.3 is 0 Å². The molecule has 266 valence electrons. The molecule has 0 radical (unpaired) electrons. The van der Waals surface area contributed by atoms with Crippen LogP contribution in [0.5, 0.6) is 0 Å². The number of fused-ring (bicyclic) bond motifs is 11. The SMILES string of the molecule is c1cc(-c2ccc(N(c3ccc4c(ccc5ccccc54)c3)c3cccc4c3oc3c5ccccc5ccc43)cc2)cc(-n2c3ccccc3c3ccccc32)c1. The van der Waals surface area contributed by atoms with E-state index in [9.17, 15) is 0 Å². The Kier molecular flexibility index (Phi) is 6.93. The van der Waals surface area contributed by atoms with Crippen LogP contribution in [0.2, 0.25) is 0 Å². The predicted molar refractivity (Wildman–Crippen MR) is 241 cm³/mol. The molecule has 0 N–H and O–H groups in total. The Morgan fingerprint density at radius 3 is 1.68 bits per heavy atom. The third kappa shape index (κ3) is 4.92. The average molecular weight is 727 g/mol. The molecule has 0 spiro atoms. The molecule has 0 fully saturated rings. The molecule has 12 rings (SSSR count). The van der Waals surface area contributed by atoms with E-state index < -0.39 is 0 Å². The van der Waals surface area contributed by atoms with Gasteiger partial charge < -0.3 is 13.9 Å². The summed E-state index contributed by atoms with van der Waals surface area (Å²) in [5.74, 6) is 0. The molecule has 0 saturated heterocycles. The van der Waals surface area contributed by atoms with E-state index in [2.05, 4.69) is 216 Å². The van der Waals surface area contributed by atoms with Crippen molar-refractivity contribution in [2.75, 3.05) is 4.90 Å². The molecule has 3 heteroatoms. The molecule has 10 aromatic carbocycles. The van der Waals surface area contributed by atoms with Crippen molar-refractivity contribution >= 4 is 93.1 Å². The lowest BCUT2D eigenvalue weighted by atomic mass is 10.0. The van der Waals surface area contributed by atoms with Crippen LogP contribution < -0.4 is 4.90 Å². The van der Waals surface area contributed by atoms with Gasteiger partial charge in [0.1, 0.15) is 5.58 Å². The third-order valence-corrected chi connectivity index (χ3v) is 11.7. The third-order valence-electron chi connectivity index (χ3n) is 11.7. The van der Waals surface area contributed by atoms with Gasteiger partial charge in [-0.15, -0.1) is 0 Å². The minimum Gasteiger partial charge on any atom is -0.453 e. The van der Waals surface area contributed by atoms with Gasteiger partial charge in [0.05, 0.1) is 16.7 Å². The van der Waals surface area contributed by atoms with Gasteiger partial charge in [-0.2, -0.15) is 0 Å². The van der Waals surface area contributed by atoms with Gasteiger partial charge in [0.15, 0.2) is 5.58 Å². The number of hydrogen-bond acceptors (Lipinski definition) is 2. The maximum atomic E-state index is 6.92. The molecule has 0 aliphatic rings. The number of para-hydroxylation sites is 3. The standard InChI is InChI=1S/C54H34N2O/c1-3-15-43-36(11-1)23-24-39-34-42(30-32-44(39)43)55(52-22-10-19-48-49-31-27-37-12-2-4-16-45(37)53(49)57-54(48)52)40-28-25-35(26-29-40)38-13-9-14-41(33-38)56-50-20-7-5-17-46(50)47-18-6-8-21-51(47)56/h1-34H. The fourth-order valence-electron chi connectivity index (χ4n) is 9.08. The molecular weight excluding hydrogens is 693 g/mol. The van der Waals surface area contributed by atoms with Crippen molar-refractivity contribution in [3.05, 3.63) is 206 Å². The summed E-state index contributed by atoms with van der Waals surface area (Å²) in [5.41, 5.74) is 10.8. The highest BCUT2D eigenvalue weighted by Crippen LogP contribution is 2.45. The van der Waals surface area contributed by atoms with E-state index in [1.807, 2.05) is 0 Å². The van der Waals surface area contributed by atoms with Crippen LogP contribution in [0.25, 0.3) is 92.9 Å². The number of benzene rings is 10. The Balaban J connectivity index is 1.02. The van der Waals surface area contributed by atoms with E-state index in [0.717, 1.165) is 61.2 Å². The minimum atomic E-state index is 0.866. The van der Waals surface area contributed by atoms with E-state index in [4.69, 9.17) is 4.42 Å². The Morgan fingerprint density at radius 2 is 0.895 bits per heavy atom. The zero-order valence-corrected chi connectivity index (χ0v) is 30.9. The summed E-state index contributed by atoms with van der Waals surface area (Å²) >= 11 is 0. The van der Waals surface area contributed by atoms with Crippen molar-refractivity contribution in [3.63, 3.8) is 0 Å². The van der Waals surface area contributed by atoms with Gasteiger partial charge in [-0.25, -0.2) is 0 Å². The van der Waals surface area contributed by atoms with Gasteiger partial charge in [-0.3, -0.25) is 0 Å². The second-order valence-electron chi connectivity index (χ2n) is 14.9. The second kappa shape index (κ2) is 12.5. The van der Waals surface area contributed by atoms with E-state index in [0.29, 0.717) is 0 Å². The molecule has 0 bridgehead atoms. The normalized spacial score (nSPS) is 11.9. The molecule has 0 saturated carbocycles. The van der Waals surface area contributed by atoms with Crippen LogP contribution in [-0.2, 0) is 0 Å². The molecule has 0 aliphatic carbocycles. The highest BCUT2D eigenvalue weighted by molar-refractivity contribution is 6.18. The molecule has 0 atom stereocenters. The fraction of sp³-hybridized carbons (Fsp3) is 0. The van der Waals surface area contributed by atoms with Crippen molar-refractivity contribution in [2.45, 2.75) is 0 Å². The van der Waals surface area contributed by atoms with Crippen LogP contribution in [0.15, 0.2) is 211 Å². The largest absolute Gasteiger partial charge is 0.453 e. The van der Waals surface area contributed by atoms with Gasteiger partial charge in [-0.1, -0.05) is 146 Å². The molecule has 57 heavy (non-hydrogen) atoms. The van der Waals surface area contributed by atoms with Crippen LogP contribution in [0.4, 0.5) is 17.1 Å². The molecule has 0 unspecified atom stereocenters. The Labute approximate surface area is 328 Å². The monoisotopic (exact) mass is 726 g/mol. The first-order chi connectivity index (χ1) is 28.3. The van der Waals surface area contributed by atoms with Crippen LogP contribution in [0.1, 0.15) is 0 Å². The maximum Gasteiger partial charge on any atom is 0.159 e. The number of anilines is 3. The van der Waals surface area contributed by atoms with Crippen molar-refractivity contribution in [1.29, 1.82) is 0 Å². The van der Waals surface area contributed by atoms with Crippen LogP contribution >= 0.6 is 0 Å². The second-order valence-corrected chi connectivity index (χ2v) is 14.9. The smallest absolute Gasteiger partial charge is 0.159 e. The van der Waals surface area contributed by atoms with Gasteiger partial charge in [-0.05, 0) is 98.7 Å². The maximum absolute atomic E-state index is 6.92. The zero-order chi connectivity index (χ0) is 37.5. The lowest BCUT2D eigenvalue weighted by Crippen LogP contribution is -2.10. The van der Waals surface area contributed by atoms with Crippen LogP contribution in [0.3, 0.4) is 0 Å². The van der Waals surface area contributed by atoms with E-state index in [-0.39, 0.29) is 0 Å². The predicted octanol–water partition coefficient (Wildman–Crippen LogP) is 15.3. The number of rotatable bonds is 5. The summed E-state index contributed by atoms with van der Waals surface area (Å²) in [7, 11) is 0.